The number of carbonyl (C=O) groups excluding carboxylic acids is 1. The molecule has 1 fully saturated rings. The Labute approximate surface area is 144 Å². The van der Waals surface area contributed by atoms with Crippen LogP contribution in [-0.4, -0.2) is 63.3 Å². The molecule has 0 aromatic heterocycles. The summed E-state index contributed by atoms with van der Waals surface area (Å²) >= 11 is 0. The SMILES string of the molecule is CC(CNC(=O)c1cccc(S(=O)(=O)N(C)C)c1)N1CCCCC1. The standard InChI is InChI=1S/C17H27N3O3S/c1-14(20-10-5-4-6-11-20)13-18-17(21)15-8-7-9-16(12-15)24(22,23)19(2)3/h7-9,12,14H,4-6,10-11,13H2,1-3H3,(H,18,21). The number of amides is 1. The zero-order valence-corrected chi connectivity index (χ0v) is 15.5. The molecule has 134 valence electrons. The highest BCUT2D eigenvalue weighted by molar-refractivity contribution is 7.89. The van der Waals surface area contributed by atoms with E-state index < -0.39 is 10.0 Å². The smallest absolute Gasteiger partial charge is 0.251 e. The summed E-state index contributed by atoms with van der Waals surface area (Å²) in [6, 6.07) is 6.44. The summed E-state index contributed by atoms with van der Waals surface area (Å²) in [5, 5.41) is 2.91. The minimum atomic E-state index is -3.54. The minimum absolute atomic E-state index is 0.129. The van der Waals surface area contributed by atoms with Crippen LogP contribution in [0.25, 0.3) is 0 Å². The van der Waals surface area contributed by atoms with Gasteiger partial charge in [-0.3, -0.25) is 9.69 Å². The van der Waals surface area contributed by atoms with Crippen LogP contribution in [-0.2, 0) is 10.0 Å². The monoisotopic (exact) mass is 353 g/mol. The Kier molecular flexibility index (Phi) is 6.37. The minimum Gasteiger partial charge on any atom is -0.350 e. The summed E-state index contributed by atoms with van der Waals surface area (Å²) < 4.78 is 25.5. The van der Waals surface area contributed by atoms with Crippen molar-refractivity contribution in [2.75, 3.05) is 33.7 Å². The number of benzene rings is 1. The van der Waals surface area contributed by atoms with Crippen molar-refractivity contribution in [1.82, 2.24) is 14.5 Å². The van der Waals surface area contributed by atoms with E-state index in [1.54, 1.807) is 12.1 Å². The second kappa shape index (κ2) is 8.09. The van der Waals surface area contributed by atoms with Crippen molar-refractivity contribution in [1.29, 1.82) is 0 Å². The molecule has 0 bridgehead atoms. The maximum Gasteiger partial charge on any atom is 0.251 e. The Bertz CT molecular complexity index is 667. The van der Waals surface area contributed by atoms with Crippen LogP contribution in [0.5, 0.6) is 0 Å². The molecule has 24 heavy (non-hydrogen) atoms. The average molecular weight is 353 g/mol. The number of sulfonamides is 1. The van der Waals surface area contributed by atoms with Crippen LogP contribution in [0.15, 0.2) is 29.2 Å². The molecule has 1 saturated heterocycles. The molecular formula is C17H27N3O3S. The van der Waals surface area contributed by atoms with Gasteiger partial charge in [0.15, 0.2) is 0 Å². The molecule has 0 radical (unpaired) electrons. The number of rotatable bonds is 6. The summed E-state index contributed by atoms with van der Waals surface area (Å²) in [6.45, 7) is 4.82. The molecule has 0 aliphatic carbocycles. The molecule has 6 nitrogen and oxygen atoms in total. The molecule has 0 saturated carbocycles. The van der Waals surface area contributed by atoms with E-state index in [1.165, 1.54) is 45.5 Å². The van der Waals surface area contributed by atoms with E-state index in [0.717, 1.165) is 17.4 Å². The van der Waals surface area contributed by atoms with Crippen molar-refractivity contribution in [3.8, 4) is 0 Å². The van der Waals surface area contributed by atoms with Crippen LogP contribution in [0.1, 0.15) is 36.5 Å². The maximum atomic E-state index is 12.3. The van der Waals surface area contributed by atoms with Crippen LogP contribution >= 0.6 is 0 Å². The molecule has 1 aliphatic heterocycles. The molecule has 1 aromatic rings. The number of nitrogens with zero attached hydrogens (tertiary/aromatic N) is 2. The van der Waals surface area contributed by atoms with Gasteiger partial charge in [-0.15, -0.1) is 0 Å². The largest absolute Gasteiger partial charge is 0.350 e. The highest BCUT2D eigenvalue weighted by atomic mass is 32.2. The third-order valence-corrected chi connectivity index (χ3v) is 6.26. The lowest BCUT2D eigenvalue weighted by molar-refractivity contribution is 0.0930. The lowest BCUT2D eigenvalue weighted by atomic mass is 10.1. The normalized spacial score (nSPS) is 17.7. The van der Waals surface area contributed by atoms with E-state index in [0.29, 0.717) is 12.1 Å². The molecule has 1 N–H and O–H groups in total. The highest BCUT2D eigenvalue weighted by Crippen LogP contribution is 2.15. The first kappa shape index (κ1) is 18.9. The molecule has 1 atom stereocenters. The number of hydrogen-bond donors (Lipinski definition) is 1. The van der Waals surface area contributed by atoms with Gasteiger partial charge in [-0.25, -0.2) is 12.7 Å². The van der Waals surface area contributed by atoms with Crippen molar-refractivity contribution in [2.45, 2.75) is 37.1 Å². The molecule has 1 unspecified atom stereocenters. The van der Waals surface area contributed by atoms with E-state index >= 15 is 0 Å². The molecule has 7 heteroatoms. The lowest BCUT2D eigenvalue weighted by Gasteiger charge is -2.32. The van der Waals surface area contributed by atoms with Crippen LogP contribution in [0, 0.1) is 0 Å². The van der Waals surface area contributed by atoms with Gasteiger partial charge in [-0.05, 0) is 51.1 Å². The summed E-state index contributed by atoms with van der Waals surface area (Å²) in [7, 11) is -0.587. The van der Waals surface area contributed by atoms with Gasteiger partial charge in [-0.1, -0.05) is 12.5 Å². The molecule has 0 spiro atoms. The predicted molar refractivity (Wildman–Crippen MR) is 94.5 cm³/mol. The first-order valence-corrected chi connectivity index (χ1v) is 9.81. The highest BCUT2D eigenvalue weighted by Gasteiger charge is 2.20. The number of likely N-dealkylation sites (tertiary alicyclic amines) is 1. The van der Waals surface area contributed by atoms with E-state index in [1.807, 2.05) is 0 Å². The van der Waals surface area contributed by atoms with Crippen molar-refractivity contribution < 1.29 is 13.2 Å². The van der Waals surface area contributed by atoms with Crippen molar-refractivity contribution in [3.05, 3.63) is 29.8 Å². The molecule has 2 rings (SSSR count). The number of piperidine rings is 1. The van der Waals surface area contributed by atoms with Gasteiger partial charge in [0.25, 0.3) is 5.91 Å². The van der Waals surface area contributed by atoms with Crippen molar-refractivity contribution >= 4 is 15.9 Å². The van der Waals surface area contributed by atoms with Crippen molar-refractivity contribution in [2.24, 2.45) is 0 Å². The van der Waals surface area contributed by atoms with E-state index in [4.69, 9.17) is 0 Å². The van der Waals surface area contributed by atoms with Crippen LogP contribution < -0.4 is 5.32 Å². The van der Waals surface area contributed by atoms with Gasteiger partial charge in [-0.2, -0.15) is 0 Å². The Morgan fingerprint density at radius 3 is 2.54 bits per heavy atom. The zero-order chi connectivity index (χ0) is 17.7. The van der Waals surface area contributed by atoms with Crippen LogP contribution in [0.4, 0.5) is 0 Å². The first-order chi connectivity index (χ1) is 11.3. The van der Waals surface area contributed by atoms with Gasteiger partial charge >= 0.3 is 0 Å². The fourth-order valence-electron chi connectivity index (χ4n) is 2.84. The molecule has 1 amide bonds. The van der Waals surface area contributed by atoms with Gasteiger partial charge in [0, 0.05) is 32.2 Å². The maximum absolute atomic E-state index is 12.3. The van der Waals surface area contributed by atoms with Gasteiger partial charge in [0.1, 0.15) is 0 Å². The Hall–Kier alpha value is -1.44. The number of carbonyl (C=O) groups is 1. The van der Waals surface area contributed by atoms with Crippen LogP contribution in [0.2, 0.25) is 0 Å². The van der Waals surface area contributed by atoms with Gasteiger partial charge < -0.3 is 5.32 Å². The van der Waals surface area contributed by atoms with Crippen LogP contribution in [0.3, 0.4) is 0 Å². The summed E-state index contributed by atoms with van der Waals surface area (Å²) in [5.74, 6) is -0.241. The Balaban J connectivity index is 2.00. The molecular weight excluding hydrogens is 326 g/mol. The van der Waals surface area contributed by atoms with E-state index in [-0.39, 0.29) is 16.8 Å². The predicted octanol–water partition coefficient (Wildman–Crippen LogP) is 1.54. The lowest BCUT2D eigenvalue weighted by Crippen LogP contribution is -2.44. The Morgan fingerprint density at radius 2 is 1.92 bits per heavy atom. The summed E-state index contributed by atoms with van der Waals surface area (Å²) in [5.41, 5.74) is 0.365. The van der Waals surface area contributed by atoms with E-state index in [2.05, 4.69) is 17.1 Å². The second-order valence-electron chi connectivity index (χ2n) is 6.47. The average Bonchev–Trinajstić information content (AvgIpc) is 2.60. The zero-order valence-electron chi connectivity index (χ0n) is 14.7. The third kappa shape index (κ3) is 4.55. The summed E-state index contributed by atoms with van der Waals surface area (Å²) in [6.07, 6.45) is 3.70. The summed E-state index contributed by atoms with van der Waals surface area (Å²) in [4.78, 5) is 14.9. The third-order valence-electron chi connectivity index (χ3n) is 4.45. The first-order valence-electron chi connectivity index (χ1n) is 8.37. The number of nitrogens with one attached hydrogen (secondary N) is 1. The number of hydrogen-bond acceptors (Lipinski definition) is 4. The second-order valence-corrected chi connectivity index (χ2v) is 8.62. The molecule has 1 heterocycles. The van der Waals surface area contributed by atoms with E-state index in [9.17, 15) is 13.2 Å². The fraction of sp³-hybridized carbons (Fsp3) is 0.588. The van der Waals surface area contributed by atoms with Gasteiger partial charge in [0.2, 0.25) is 10.0 Å². The Morgan fingerprint density at radius 1 is 1.25 bits per heavy atom. The van der Waals surface area contributed by atoms with Gasteiger partial charge in [0.05, 0.1) is 4.90 Å². The fourth-order valence-corrected chi connectivity index (χ4v) is 3.79. The topological polar surface area (TPSA) is 69.7 Å². The molecule has 1 aromatic carbocycles. The molecule has 1 aliphatic rings. The quantitative estimate of drug-likeness (QED) is 0.842. The van der Waals surface area contributed by atoms with Crippen molar-refractivity contribution in [3.63, 3.8) is 0 Å².